The average molecular weight is 234 g/mol. The summed E-state index contributed by atoms with van der Waals surface area (Å²) in [5.74, 6) is 0.786. The molecule has 90 valence electrons. The van der Waals surface area contributed by atoms with Gasteiger partial charge in [0, 0.05) is 5.57 Å². The van der Waals surface area contributed by atoms with Crippen molar-refractivity contribution >= 4 is 5.97 Å². The highest BCUT2D eigenvalue weighted by Gasteiger charge is 2.22. The molecule has 0 amide bonds. The number of ether oxygens (including phenoxy) is 3. The van der Waals surface area contributed by atoms with E-state index in [9.17, 15) is 4.79 Å². The first kappa shape index (κ1) is 11.7. The van der Waals surface area contributed by atoms with E-state index in [4.69, 9.17) is 14.2 Å². The number of hydrogen-bond donors (Lipinski definition) is 0. The van der Waals surface area contributed by atoms with E-state index in [1.165, 1.54) is 0 Å². The summed E-state index contributed by atoms with van der Waals surface area (Å²) in [6.45, 7) is 6.45. The SMILES string of the molecule is C=C(C)C(=O)Oc1ccc(OCC2CO2)cc1. The normalized spacial score (nSPS) is 17.4. The van der Waals surface area contributed by atoms with Crippen LogP contribution >= 0.6 is 0 Å². The molecule has 0 bridgehead atoms. The van der Waals surface area contributed by atoms with Crippen molar-refractivity contribution in [1.29, 1.82) is 0 Å². The molecule has 17 heavy (non-hydrogen) atoms. The van der Waals surface area contributed by atoms with Crippen molar-refractivity contribution in [3.8, 4) is 11.5 Å². The fourth-order valence-corrected chi connectivity index (χ4v) is 1.15. The smallest absolute Gasteiger partial charge is 0.338 e. The van der Waals surface area contributed by atoms with Crippen LogP contribution in [0.15, 0.2) is 36.4 Å². The van der Waals surface area contributed by atoms with E-state index in [1.54, 1.807) is 31.2 Å². The van der Waals surface area contributed by atoms with Gasteiger partial charge in [-0.2, -0.15) is 0 Å². The molecule has 1 unspecified atom stereocenters. The maximum Gasteiger partial charge on any atom is 0.338 e. The van der Waals surface area contributed by atoms with Gasteiger partial charge in [0.15, 0.2) is 0 Å². The van der Waals surface area contributed by atoms with Gasteiger partial charge in [0.2, 0.25) is 0 Å². The van der Waals surface area contributed by atoms with Crippen LogP contribution in [-0.2, 0) is 9.53 Å². The molecule has 1 aliphatic heterocycles. The predicted molar refractivity (Wildman–Crippen MR) is 62.1 cm³/mol. The number of carbonyl (C=O) groups excluding carboxylic acids is 1. The van der Waals surface area contributed by atoms with Crippen LogP contribution in [0.5, 0.6) is 11.5 Å². The van der Waals surface area contributed by atoms with Crippen LogP contribution in [0.4, 0.5) is 0 Å². The number of hydrogen-bond acceptors (Lipinski definition) is 4. The highest BCUT2D eigenvalue weighted by Crippen LogP contribution is 2.19. The Balaban J connectivity index is 1.87. The lowest BCUT2D eigenvalue weighted by Gasteiger charge is -2.06. The van der Waals surface area contributed by atoms with E-state index in [-0.39, 0.29) is 6.10 Å². The summed E-state index contributed by atoms with van der Waals surface area (Å²) in [6, 6.07) is 6.88. The Morgan fingerprint density at radius 1 is 1.41 bits per heavy atom. The molecule has 1 aromatic rings. The van der Waals surface area contributed by atoms with Crippen molar-refractivity contribution in [2.75, 3.05) is 13.2 Å². The summed E-state index contributed by atoms with van der Waals surface area (Å²) in [5.41, 5.74) is 0.371. The molecule has 0 saturated carbocycles. The molecule has 1 saturated heterocycles. The van der Waals surface area contributed by atoms with Crippen molar-refractivity contribution in [2.24, 2.45) is 0 Å². The number of benzene rings is 1. The maximum absolute atomic E-state index is 11.3. The molecule has 2 rings (SSSR count). The molecule has 0 N–H and O–H groups in total. The second-order valence-corrected chi connectivity index (χ2v) is 3.91. The Hall–Kier alpha value is -1.81. The van der Waals surface area contributed by atoms with Crippen molar-refractivity contribution in [3.63, 3.8) is 0 Å². The van der Waals surface area contributed by atoms with E-state index < -0.39 is 5.97 Å². The van der Waals surface area contributed by atoms with Gasteiger partial charge >= 0.3 is 5.97 Å². The largest absolute Gasteiger partial charge is 0.491 e. The fraction of sp³-hybridized carbons (Fsp3) is 0.308. The van der Waals surface area contributed by atoms with Crippen LogP contribution in [0.3, 0.4) is 0 Å². The summed E-state index contributed by atoms with van der Waals surface area (Å²) in [7, 11) is 0. The third-order valence-electron chi connectivity index (χ3n) is 2.22. The Morgan fingerprint density at radius 2 is 2.00 bits per heavy atom. The number of esters is 1. The molecule has 1 aliphatic rings. The summed E-state index contributed by atoms with van der Waals surface area (Å²) in [5, 5.41) is 0. The zero-order chi connectivity index (χ0) is 12.3. The minimum atomic E-state index is -0.426. The Labute approximate surface area is 99.8 Å². The average Bonchev–Trinajstić information content (AvgIpc) is 3.12. The number of epoxide rings is 1. The van der Waals surface area contributed by atoms with E-state index in [1.807, 2.05) is 0 Å². The summed E-state index contributed by atoms with van der Waals surface area (Å²) >= 11 is 0. The van der Waals surface area contributed by atoms with Gasteiger partial charge in [0.1, 0.15) is 24.2 Å². The number of rotatable bonds is 5. The van der Waals surface area contributed by atoms with Gasteiger partial charge in [-0.3, -0.25) is 0 Å². The molecular weight excluding hydrogens is 220 g/mol. The van der Waals surface area contributed by atoms with Gasteiger partial charge in [-0.05, 0) is 31.2 Å². The van der Waals surface area contributed by atoms with E-state index in [2.05, 4.69) is 6.58 Å². The fourth-order valence-electron chi connectivity index (χ4n) is 1.15. The Bertz CT molecular complexity index is 418. The Kier molecular flexibility index (Phi) is 3.44. The van der Waals surface area contributed by atoms with Crippen molar-refractivity contribution in [1.82, 2.24) is 0 Å². The molecule has 0 aromatic heterocycles. The maximum atomic E-state index is 11.3. The van der Waals surface area contributed by atoms with E-state index in [0.29, 0.717) is 17.9 Å². The quantitative estimate of drug-likeness (QED) is 0.338. The second kappa shape index (κ2) is 5.01. The molecule has 0 spiro atoms. The Morgan fingerprint density at radius 3 is 2.53 bits per heavy atom. The monoisotopic (exact) mass is 234 g/mol. The van der Waals surface area contributed by atoms with Gasteiger partial charge in [0.05, 0.1) is 6.61 Å². The molecule has 0 aliphatic carbocycles. The third-order valence-corrected chi connectivity index (χ3v) is 2.22. The van der Waals surface area contributed by atoms with Crippen molar-refractivity contribution in [2.45, 2.75) is 13.0 Å². The van der Waals surface area contributed by atoms with Crippen LogP contribution in [0, 0.1) is 0 Å². The minimum absolute atomic E-state index is 0.232. The highest BCUT2D eigenvalue weighted by atomic mass is 16.6. The first-order valence-electron chi connectivity index (χ1n) is 5.37. The molecule has 4 nitrogen and oxygen atoms in total. The van der Waals surface area contributed by atoms with E-state index >= 15 is 0 Å². The lowest BCUT2D eigenvalue weighted by Crippen LogP contribution is -2.08. The van der Waals surface area contributed by atoms with Crippen molar-refractivity contribution < 1.29 is 19.0 Å². The van der Waals surface area contributed by atoms with Crippen LogP contribution in [0.1, 0.15) is 6.92 Å². The van der Waals surface area contributed by atoms with E-state index in [0.717, 1.165) is 12.4 Å². The van der Waals surface area contributed by atoms with Gasteiger partial charge in [-0.25, -0.2) is 4.79 Å². The van der Waals surface area contributed by atoms with Gasteiger partial charge in [0.25, 0.3) is 0 Å². The standard InChI is InChI=1S/C13H14O4/c1-9(2)13(14)17-11-5-3-10(4-6-11)15-7-12-8-16-12/h3-6,12H,1,7-8H2,2H3. The topological polar surface area (TPSA) is 48.1 Å². The van der Waals surface area contributed by atoms with Crippen LogP contribution in [0.25, 0.3) is 0 Å². The predicted octanol–water partition coefficient (Wildman–Crippen LogP) is 1.95. The summed E-state index contributed by atoms with van der Waals surface area (Å²) < 4.78 is 15.5. The van der Waals surface area contributed by atoms with Gasteiger partial charge < -0.3 is 14.2 Å². The molecule has 1 aromatic carbocycles. The summed E-state index contributed by atoms with van der Waals surface area (Å²) in [6.07, 6.45) is 0.232. The molecular formula is C13H14O4. The molecule has 4 heteroatoms. The van der Waals surface area contributed by atoms with Crippen molar-refractivity contribution in [3.05, 3.63) is 36.4 Å². The second-order valence-electron chi connectivity index (χ2n) is 3.91. The lowest BCUT2D eigenvalue weighted by atomic mass is 10.3. The lowest BCUT2D eigenvalue weighted by molar-refractivity contribution is -0.130. The molecule has 1 fully saturated rings. The molecule has 1 heterocycles. The van der Waals surface area contributed by atoms with Crippen LogP contribution < -0.4 is 9.47 Å². The first-order valence-corrected chi connectivity index (χ1v) is 5.37. The number of carbonyl (C=O) groups is 1. The summed E-state index contributed by atoms with van der Waals surface area (Å²) in [4.78, 5) is 11.3. The van der Waals surface area contributed by atoms with Gasteiger partial charge in [-0.1, -0.05) is 6.58 Å². The van der Waals surface area contributed by atoms with Gasteiger partial charge in [-0.15, -0.1) is 0 Å². The molecule has 1 atom stereocenters. The first-order chi connectivity index (χ1) is 8.15. The van der Waals surface area contributed by atoms with Crippen LogP contribution in [0.2, 0.25) is 0 Å². The zero-order valence-corrected chi connectivity index (χ0v) is 9.64. The minimum Gasteiger partial charge on any atom is -0.491 e. The van der Waals surface area contributed by atoms with Crippen LogP contribution in [-0.4, -0.2) is 25.3 Å². The molecule has 0 radical (unpaired) electrons. The highest BCUT2D eigenvalue weighted by molar-refractivity contribution is 5.88. The third kappa shape index (κ3) is 3.60. The zero-order valence-electron chi connectivity index (χ0n) is 9.64.